The van der Waals surface area contributed by atoms with Crippen molar-refractivity contribution in [2.45, 2.75) is 25.7 Å². The summed E-state index contributed by atoms with van der Waals surface area (Å²) >= 11 is 0. The van der Waals surface area contributed by atoms with Crippen molar-refractivity contribution in [3.8, 4) is 0 Å². The summed E-state index contributed by atoms with van der Waals surface area (Å²) in [7, 11) is 0. The molecule has 1 aliphatic rings. The summed E-state index contributed by atoms with van der Waals surface area (Å²) in [5.74, 6) is -0.508. The van der Waals surface area contributed by atoms with Gasteiger partial charge in [0, 0.05) is 0 Å². The number of rotatable bonds is 1. The van der Waals surface area contributed by atoms with E-state index in [1.165, 1.54) is 6.20 Å². The van der Waals surface area contributed by atoms with Gasteiger partial charge >= 0.3 is 0 Å². The van der Waals surface area contributed by atoms with Crippen LogP contribution in [0.2, 0.25) is 0 Å². The zero-order valence-electron chi connectivity index (χ0n) is 7.65. The molecule has 13 heavy (non-hydrogen) atoms. The van der Waals surface area contributed by atoms with Gasteiger partial charge in [-0.05, 0) is 13.8 Å². The lowest BCUT2D eigenvalue weighted by Crippen LogP contribution is -2.19. The first-order chi connectivity index (χ1) is 6.17. The van der Waals surface area contributed by atoms with Crippen LogP contribution < -0.4 is 0 Å². The van der Waals surface area contributed by atoms with Crippen molar-refractivity contribution >= 4 is 0 Å². The van der Waals surface area contributed by atoms with E-state index in [-0.39, 0.29) is 6.10 Å². The van der Waals surface area contributed by atoms with Crippen LogP contribution in [-0.2, 0) is 9.47 Å². The van der Waals surface area contributed by atoms with Gasteiger partial charge in [0.25, 0.3) is 0 Å². The minimum Gasteiger partial charge on any atom is -0.347 e. The average Bonchev–Trinajstić information content (AvgIpc) is 2.48. The Hall–Kier alpha value is -1.00. The van der Waals surface area contributed by atoms with Crippen LogP contribution in [0.15, 0.2) is 12.4 Å². The van der Waals surface area contributed by atoms with Gasteiger partial charge in [-0.3, -0.25) is 9.97 Å². The Kier molecular flexibility index (Phi) is 2.01. The molecule has 2 rings (SSSR count). The van der Waals surface area contributed by atoms with Crippen molar-refractivity contribution in [2.75, 3.05) is 6.61 Å². The highest BCUT2D eigenvalue weighted by Crippen LogP contribution is 2.31. The SMILES string of the molecule is CC1(C)OC[C@H](c2cn[c]cn2)O1. The summed E-state index contributed by atoms with van der Waals surface area (Å²) in [6.45, 7) is 4.30. The van der Waals surface area contributed by atoms with Crippen molar-refractivity contribution in [3.63, 3.8) is 0 Å². The molecular formula is C9H11N2O2. The van der Waals surface area contributed by atoms with Crippen LogP contribution in [0, 0.1) is 6.20 Å². The van der Waals surface area contributed by atoms with Gasteiger partial charge in [0.05, 0.1) is 24.7 Å². The normalized spacial score (nSPS) is 26.2. The molecule has 0 amide bonds. The van der Waals surface area contributed by atoms with Gasteiger partial charge in [-0.1, -0.05) is 0 Å². The molecule has 69 valence electrons. The molecule has 0 N–H and O–H groups in total. The first-order valence-electron chi connectivity index (χ1n) is 4.17. The van der Waals surface area contributed by atoms with Crippen molar-refractivity contribution < 1.29 is 9.47 Å². The number of aromatic nitrogens is 2. The lowest BCUT2D eigenvalue weighted by atomic mass is 10.3. The van der Waals surface area contributed by atoms with Gasteiger partial charge in [0.1, 0.15) is 12.3 Å². The third-order valence-electron chi connectivity index (χ3n) is 1.88. The number of hydrogen-bond donors (Lipinski definition) is 0. The second kappa shape index (κ2) is 3.05. The van der Waals surface area contributed by atoms with E-state index in [1.54, 1.807) is 6.20 Å². The Balaban J connectivity index is 2.13. The molecule has 0 aromatic carbocycles. The maximum absolute atomic E-state index is 5.60. The van der Waals surface area contributed by atoms with E-state index in [0.29, 0.717) is 6.61 Å². The summed E-state index contributed by atoms with van der Waals surface area (Å²) in [5.41, 5.74) is 0.796. The molecule has 4 heteroatoms. The fourth-order valence-electron chi connectivity index (χ4n) is 1.27. The zero-order valence-corrected chi connectivity index (χ0v) is 7.65. The summed E-state index contributed by atoms with van der Waals surface area (Å²) in [6.07, 6.45) is 5.70. The molecule has 0 bridgehead atoms. The fourth-order valence-corrected chi connectivity index (χ4v) is 1.27. The first kappa shape index (κ1) is 8.59. The van der Waals surface area contributed by atoms with E-state index in [1.807, 2.05) is 13.8 Å². The highest BCUT2D eigenvalue weighted by Gasteiger charge is 2.34. The van der Waals surface area contributed by atoms with E-state index in [4.69, 9.17) is 9.47 Å². The Bertz CT molecular complexity index is 287. The predicted octanol–water partition coefficient (Wildman–Crippen LogP) is 1.10. The van der Waals surface area contributed by atoms with Crippen LogP contribution in [0.4, 0.5) is 0 Å². The topological polar surface area (TPSA) is 44.2 Å². The predicted molar refractivity (Wildman–Crippen MR) is 44.7 cm³/mol. The molecule has 1 radical (unpaired) electrons. The summed E-state index contributed by atoms with van der Waals surface area (Å²) in [5, 5.41) is 0. The molecule has 1 fully saturated rings. The maximum atomic E-state index is 5.60. The fraction of sp³-hybridized carbons (Fsp3) is 0.556. The zero-order chi connectivity index (χ0) is 9.31. The molecular weight excluding hydrogens is 168 g/mol. The molecule has 0 spiro atoms. The molecule has 0 unspecified atom stereocenters. The molecule has 1 aliphatic heterocycles. The van der Waals surface area contributed by atoms with E-state index < -0.39 is 5.79 Å². The van der Waals surface area contributed by atoms with Gasteiger partial charge in [0.2, 0.25) is 0 Å². The summed E-state index contributed by atoms with van der Waals surface area (Å²) < 4.78 is 11.0. The quantitative estimate of drug-likeness (QED) is 0.647. The summed E-state index contributed by atoms with van der Waals surface area (Å²) in [4.78, 5) is 7.96. The molecule has 1 aromatic heterocycles. The summed E-state index contributed by atoms with van der Waals surface area (Å²) in [6, 6.07) is 0. The molecule has 4 nitrogen and oxygen atoms in total. The Morgan fingerprint density at radius 2 is 2.46 bits per heavy atom. The average molecular weight is 179 g/mol. The highest BCUT2D eigenvalue weighted by molar-refractivity contribution is 5.01. The number of nitrogens with zero attached hydrogens (tertiary/aromatic N) is 2. The number of hydrogen-bond acceptors (Lipinski definition) is 4. The van der Waals surface area contributed by atoms with Gasteiger partial charge < -0.3 is 9.47 Å². The third-order valence-corrected chi connectivity index (χ3v) is 1.88. The molecule has 2 heterocycles. The molecule has 1 aromatic rings. The van der Waals surface area contributed by atoms with Crippen LogP contribution in [0.25, 0.3) is 0 Å². The standard InChI is InChI=1S/C9H11N2O2/c1-9(2)12-6-8(13-9)7-5-10-3-4-11-7/h4-5,8H,6H2,1-2H3/t8-/m1/s1. The smallest absolute Gasteiger partial charge is 0.163 e. The Labute approximate surface area is 76.9 Å². The lowest BCUT2D eigenvalue weighted by Gasteiger charge is -2.16. The Morgan fingerprint density at radius 1 is 1.62 bits per heavy atom. The van der Waals surface area contributed by atoms with Crippen LogP contribution in [0.1, 0.15) is 25.6 Å². The van der Waals surface area contributed by atoms with E-state index in [9.17, 15) is 0 Å². The second-order valence-corrected chi connectivity index (χ2v) is 3.39. The van der Waals surface area contributed by atoms with Crippen molar-refractivity contribution in [1.82, 2.24) is 9.97 Å². The third kappa shape index (κ3) is 1.84. The van der Waals surface area contributed by atoms with E-state index >= 15 is 0 Å². The van der Waals surface area contributed by atoms with Crippen LogP contribution in [-0.4, -0.2) is 22.4 Å². The van der Waals surface area contributed by atoms with Crippen molar-refractivity contribution in [1.29, 1.82) is 0 Å². The van der Waals surface area contributed by atoms with Crippen molar-refractivity contribution in [3.05, 3.63) is 24.3 Å². The van der Waals surface area contributed by atoms with E-state index in [2.05, 4.69) is 16.2 Å². The van der Waals surface area contributed by atoms with Crippen LogP contribution >= 0.6 is 0 Å². The van der Waals surface area contributed by atoms with Gasteiger partial charge in [-0.2, -0.15) is 0 Å². The monoisotopic (exact) mass is 179 g/mol. The maximum Gasteiger partial charge on any atom is 0.163 e. The highest BCUT2D eigenvalue weighted by atomic mass is 16.7. The lowest BCUT2D eigenvalue weighted by molar-refractivity contribution is -0.139. The van der Waals surface area contributed by atoms with Crippen molar-refractivity contribution in [2.24, 2.45) is 0 Å². The minimum absolute atomic E-state index is 0.0999. The molecule has 1 atom stereocenters. The minimum atomic E-state index is -0.508. The number of ether oxygens (including phenoxy) is 2. The van der Waals surface area contributed by atoms with Gasteiger partial charge in [-0.15, -0.1) is 0 Å². The molecule has 1 saturated heterocycles. The largest absolute Gasteiger partial charge is 0.347 e. The molecule has 0 aliphatic carbocycles. The Morgan fingerprint density at radius 3 is 3.00 bits per heavy atom. The van der Waals surface area contributed by atoms with Gasteiger partial charge in [0.15, 0.2) is 5.79 Å². The van der Waals surface area contributed by atoms with Gasteiger partial charge in [-0.25, -0.2) is 0 Å². The van der Waals surface area contributed by atoms with Crippen LogP contribution in [0.3, 0.4) is 0 Å². The second-order valence-electron chi connectivity index (χ2n) is 3.39. The first-order valence-corrected chi connectivity index (χ1v) is 4.17. The van der Waals surface area contributed by atoms with E-state index in [0.717, 1.165) is 5.69 Å². The van der Waals surface area contributed by atoms with Crippen LogP contribution in [0.5, 0.6) is 0 Å². The molecule has 0 saturated carbocycles.